The zero-order valence-corrected chi connectivity index (χ0v) is 9.91. The van der Waals surface area contributed by atoms with Crippen molar-refractivity contribution in [2.45, 2.75) is 45.4 Å². The fourth-order valence-electron chi connectivity index (χ4n) is 4.88. The minimum Gasteiger partial charge on any atom is -0.478 e. The Kier molecular flexibility index (Phi) is 2.17. The molecule has 16 heavy (non-hydrogen) atoms. The van der Waals surface area contributed by atoms with E-state index in [4.69, 9.17) is 5.11 Å². The molecule has 0 radical (unpaired) electrons. The minimum absolute atomic E-state index is 0.261. The molecular formula is C14H20O2. The molecule has 4 aliphatic rings. The van der Waals surface area contributed by atoms with Gasteiger partial charge in [0.05, 0.1) is 0 Å². The Morgan fingerprint density at radius 1 is 1.12 bits per heavy atom. The molecule has 0 unspecified atom stereocenters. The Morgan fingerprint density at radius 3 is 1.94 bits per heavy atom. The predicted molar refractivity (Wildman–Crippen MR) is 62.0 cm³/mol. The highest BCUT2D eigenvalue weighted by Crippen LogP contribution is 2.60. The summed E-state index contributed by atoms with van der Waals surface area (Å²) in [4.78, 5) is 11.0. The van der Waals surface area contributed by atoms with Crippen LogP contribution in [0.25, 0.3) is 0 Å². The molecule has 4 rings (SSSR count). The predicted octanol–water partition coefficient (Wildman–Crippen LogP) is 3.23. The topological polar surface area (TPSA) is 37.3 Å². The standard InChI is InChI=1S/C14H20O2/c1-9(13(15)16)5-14-6-10-2-11(7-14)4-12(3-10)8-14/h5,10-12H,2-4,6-8H2,1H3,(H,15,16). The first-order valence-corrected chi connectivity index (χ1v) is 6.49. The van der Waals surface area contributed by atoms with Gasteiger partial charge < -0.3 is 5.11 Å². The largest absolute Gasteiger partial charge is 0.478 e. The van der Waals surface area contributed by atoms with Gasteiger partial charge in [0.1, 0.15) is 0 Å². The molecule has 0 saturated heterocycles. The fourth-order valence-corrected chi connectivity index (χ4v) is 4.88. The average Bonchev–Trinajstić information content (AvgIpc) is 2.13. The molecule has 1 N–H and O–H groups in total. The van der Waals surface area contributed by atoms with Crippen molar-refractivity contribution in [2.24, 2.45) is 23.2 Å². The van der Waals surface area contributed by atoms with E-state index < -0.39 is 5.97 Å². The van der Waals surface area contributed by atoms with Gasteiger partial charge in [-0.05, 0) is 68.6 Å². The summed E-state index contributed by atoms with van der Waals surface area (Å²) in [5, 5.41) is 9.02. The number of carbonyl (C=O) groups is 1. The van der Waals surface area contributed by atoms with Crippen LogP contribution in [0.4, 0.5) is 0 Å². The van der Waals surface area contributed by atoms with Crippen LogP contribution in [0.3, 0.4) is 0 Å². The molecule has 0 atom stereocenters. The molecule has 4 fully saturated rings. The van der Waals surface area contributed by atoms with Gasteiger partial charge in [0.15, 0.2) is 0 Å². The summed E-state index contributed by atoms with van der Waals surface area (Å²) < 4.78 is 0. The molecule has 88 valence electrons. The lowest BCUT2D eigenvalue weighted by Gasteiger charge is -2.56. The third-order valence-corrected chi connectivity index (χ3v) is 4.95. The van der Waals surface area contributed by atoms with Gasteiger partial charge in [-0.3, -0.25) is 0 Å². The van der Waals surface area contributed by atoms with Crippen LogP contribution in [0.1, 0.15) is 45.4 Å². The molecular weight excluding hydrogens is 200 g/mol. The molecule has 0 aromatic heterocycles. The SMILES string of the molecule is CC(=CC12CC3CC(CC(C3)C1)C2)C(=O)O. The van der Waals surface area contributed by atoms with Crippen LogP contribution in [0.15, 0.2) is 11.6 Å². The lowest BCUT2D eigenvalue weighted by Crippen LogP contribution is -2.45. The van der Waals surface area contributed by atoms with Crippen LogP contribution in [-0.2, 0) is 4.79 Å². The van der Waals surface area contributed by atoms with Crippen molar-refractivity contribution in [3.63, 3.8) is 0 Å². The Bertz CT molecular complexity index is 318. The van der Waals surface area contributed by atoms with Crippen molar-refractivity contribution in [2.75, 3.05) is 0 Å². The quantitative estimate of drug-likeness (QED) is 0.725. The molecule has 4 saturated carbocycles. The van der Waals surface area contributed by atoms with Crippen LogP contribution >= 0.6 is 0 Å². The van der Waals surface area contributed by atoms with E-state index in [1.807, 2.05) is 0 Å². The maximum absolute atomic E-state index is 11.0. The maximum Gasteiger partial charge on any atom is 0.330 e. The molecule has 0 aliphatic heterocycles. The summed E-state index contributed by atoms with van der Waals surface area (Å²) >= 11 is 0. The maximum atomic E-state index is 11.0. The van der Waals surface area contributed by atoms with Crippen molar-refractivity contribution >= 4 is 5.97 Å². The second-order valence-electron chi connectivity index (χ2n) is 6.41. The highest BCUT2D eigenvalue weighted by Gasteiger charge is 2.49. The lowest BCUT2D eigenvalue weighted by molar-refractivity contribution is -0.132. The molecule has 2 heteroatoms. The number of allylic oxidation sites excluding steroid dienone is 1. The minimum atomic E-state index is -0.740. The highest BCUT2D eigenvalue weighted by atomic mass is 16.4. The van der Waals surface area contributed by atoms with Crippen LogP contribution in [0.2, 0.25) is 0 Å². The first kappa shape index (κ1) is 10.4. The van der Waals surface area contributed by atoms with Crippen molar-refractivity contribution in [1.29, 1.82) is 0 Å². The van der Waals surface area contributed by atoms with Crippen LogP contribution < -0.4 is 0 Å². The van der Waals surface area contributed by atoms with Gasteiger partial charge in [0.25, 0.3) is 0 Å². The van der Waals surface area contributed by atoms with E-state index in [9.17, 15) is 4.79 Å². The Labute approximate surface area is 96.7 Å². The van der Waals surface area contributed by atoms with E-state index >= 15 is 0 Å². The van der Waals surface area contributed by atoms with Crippen LogP contribution in [-0.4, -0.2) is 11.1 Å². The van der Waals surface area contributed by atoms with Gasteiger partial charge in [-0.2, -0.15) is 0 Å². The monoisotopic (exact) mass is 220 g/mol. The van der Waals surface area contributed by atoms with Crippen LogP contribution in [0.5, 0.6) is 0 Å². The average molecular weight is 220 g/mol. The van der Waals surface area contributed by atoms with Crippen molar-refractivity contribution in [3.8, 4) is 0 Å². The number of carboxylic acid groups (broad SMARTS) is 1. The smallest absolute Gasteiger partial charge is 0.330 e. The molecule has 0 aromatic carbocycles. The highest BCUT2D eigenvalue weighted by molar-refractivity contribution is 5.85. The van der Waals surface area contributed by atoms with Gasteiger partial charge in [-0.25, -0.2) is 4.79 Å². The van der Waals surface area contributed by atoms with E-state index in [2.05, 4.69) is 6.08 Å². The molecule has 4 aliphatic carbocycles. The van der Waals surface area contributed by atoms with E-state index in [0.29, 0.717) is 5.57 Å². The number of carboxylic acids is 1. The van der Waals surface area contributed by atoms with Crippen molar-refractivity contribution in [3.05, 3.63) is 11.6 Å². The molecule has 2 nitrogen and oxygen atoms in total. The van der Waals surface area contributed by atoms with E-state index in [0.717, 1.165) is 17.8 Å². The van der Waals surface area contributed by atoms with Crippen molar-refractivity contribution in [1.82, 2.24) is 0 Å². The van der Waals surface area contributed by atoms with Gasteiger partial charge >= 0.3 is 5.97 Å². The molecule has 4 bridgehead atoms. The van der Waals surface area contributed by atoms with Crippen molar-refractivity contribution < 1.29 is 9.90 Å². The summed E-state index contributed by atoms with van der Waals surface area (Å²) in [7, 11) is 0. The molecule has 0 spiro atoms. The van der Waals surface area contributed by atoms with E-state index in [1.165, 1.54) is 38.5 Å². The zero-order valence-electron chi connectivity index (χ0n) is 9.91. The van der Waals surface area contributed by atoms with Gasteiger partial charge in [-0.15, -0.1) is 0 Å². The third kappa shape index (κ3) is 1.59. The summed E-state index contributed by atoms with van der Waals surface area (Å²) in [6, 6.07) is 0. The Hall–Kier alpha value is -0.790. The lowest BCUT2D eigenvalue weighted by atomic mass is 9.49. The van der Waals surface area contributed by atoms with Gasteiger partial charge in [0.2, 0.25) is 0 Å². The van der Waals surface area contributed by atoms with Gasteiger partial charge in [0, 0.05) is 5.57 Å². The number of hydrogen-bond donors (Lipinski definition) is 1. The normalized spacial score (nSPS) is 46.1. The third-order valence-electron chi connectivity index (χ3n) is 4.95. The van der Waals surface area contributed by atoms with Gasteiger partial charge in [-0.1, -0.05) is 6.08 Å². The summed E-state index contributed by atoms with van der Waals surface area (Å²) in [6.07, 6.45) is 10.1. The summed E-state index contributed by atoms with van der Waals surface area (Å²) in [5.74, 6) is 1.94. The fraction of sp³-hybridized carbons (Fsp3) is 0.786. The number of rotatable bonds is 2. The Balaban J connectivity index is 1.89. The molecule has 0 aromatic rings. The number of aliphatic carboxylic acids is 1. The van der Waals surface area contributed by atoms with Crippen LogP contribution in [0, 0.1) is 23.2 Å². The molecule has 0 amide bonds. The molecule has 0 heterocycles. The van der Waals surface area contributed by atoms with E-state index in [-0.39, 0.29) is 5.41 Å². The van der Waals surface area contributed by atoms with E-state index in [1.54, 1.807) is 6.92 Å². The first-order chi connectivity index (χ1) is 7.56. The first-order valence-electron chi connectivity index (χ1n) is 6.49. The summed E-state index contributed by atoms with van der Waals surface area (Å²) in [6.45, 7) is 1.75. The summed E-state index contributed by atoms with van der Waals surface area (Å²) in [5.41, 5.74) is 0.818. The number of hydrogen-bond acceptors (Lipinski definition) is 1. The second kappa shape index (κ2) is 3.35. The zero-order chi connectivity index (χ0) is 11.3. The second-order valence-corrected chi connectivity index (χ2v) is 6.41. The Morgan fingerprint density at radius 2 is 1.56 bits per heavy atom.